The summed E-state index contributed by atoms with van der Waals surface area (Å²) in [6.45, 7) is 4.49. The van der Waals surface area contributed by atoms with Crippen molar-refractivity contribution in [3.05, 3.63) is 50.9 Å². The van der Waals surface area contributed by atoms with Crippen molar-refractivity contribution in [2.24, 2.45) is 5.92 Å². The summed E-state index contributed by atoms with van der Waals surface area (Å²) in [6.07, 6.45) is 5.99. The Morgan fingerprint density at radius 1 is 1.06 bits per heavy atom. The van der Waals surface area contributed by atoms with Gasteiger partial charge >= 0.3 is 0 Å². The predicted molar refractivity (Wildman–Crippen MR) is 153 cm³/mol. The molecule has 1 aromatic heterocycles. The molecule has 0 radical (unpaired) electrons. The highest BCUT2D eigenvalue weighted by Gasteiger charge is 2.22. The average Bonchev–Trinajstić information content (AvgIpc) is 2.84. The van der Waals surface area contributed by atoms with Crippen LogP contribution in [0.1, 0.15) is 44.6 Å². The molecule has 1 heterocycles. The Morgan fingerprint density at radius 2 is 1.83 bits per heavy atom. The number of ether oxygens (including phenoxy) is 1. The predicted octanol–water partition coefficient (Wildman–Crippen LogP) is 6.77. The summed E-state index contributed by atoms with van der Waals surface area (Å²) < 4.78 is 7.90. The van der Waals surface area contributed by atoms with E-state index >= 15 is 0 Å². The van der Waals surface area contributed by atoms with E-state index in [-0.39, 0.29) is 0 Å². The van der Waals surface area contributed by atoms with E-state index in [0.29, 0.717) is 12.6 Å². The van der Waals surface area contributed by atoms with E-state index in [1.165, 1.54) is 24.8 Å². The highest BCUT2D eigenvalue weighted by atomic mass is 79.9. The molecule has 0 atom stereocenters. The normalized spacial score (nSPS) is 18.0. The lowest BCUT2D eigenvalue weighted by molar-refractivity contribution is 0.314. The zero-order valence-corrected chi connectivity index (χ0v) is 24.0. The second-order valence-corrected chi connectivity index (χ2v) is 11.2. The van der Waals surface area contributed by atoms with Crippen molar-refractivity contribution in [1.29, 1.82) is 0 Å². The average molecular weight is 605 g/mol. The summed E-state index contributed by atoms with van der Waals surface area (Å²) in [5, 5.41) is 8.33. The van der Waals surface area contributed by atoms with Crippen LogP contribution in [0.25, 0.3) is 10.9 Å². The molecule has 0 bridgehead atoms. The maximum absolute atomic E-state index is 5.85. The third-order valence-electron chi connectivity index (χ3n) is 6.61. The standard InChI is InChI=1S/C27H35Br2N5O/c1-4-35-25-19(15-20(28)16-23(25)29)17-30-14-13-18-9-11-21(12-10-18)31-27-32-24-8-6-5-7-22(24)26(33-27)34(2)3/h5-8,15-16,18,21,30H,4,9-14,17H2,1-3H3,(H,31,32,33)/t18-,21+. The van der Waals surface area contributed by atoms with Crippen molar-refractivity contribution < 1.29 is 4.74 Å². The fourth-order valence-corrected chi connectivity index (χ4v) is 6.25. The molecule has 6 nitrogen and oxygen atoms in total. The van der Waals surface area contributed by atoms with Gasteiger partial charge in [0.15, 0.2) is 0 Å². The number of hydrogen-bond acceptors (Lipinski definition) is 6. The van der Waals surface area contributed by atoms with E-state index < -0.39 is 0 Å². The minimum absolute atomic E-state index is 0.433. The Kier molecular flexibility index (Phi) is 9.25. The van der Waals surface area contributed by atoms with Gasteiger partial charge < -0.3 is 20.3 Å². The van der Waals surface area contributed by atoms with Crippen LogP contribution < -0.4 is 20.3 Å². The zero-order chi connectivity index (χ0) is 24.8. The molecule has 2 aromatic carbocycles. The van der Waals surface area contributed by atoms with Crippen molar-refractivity contribution in [2.45, 2.75) is 51.6 Å². The quantitative estimate of drug-likeness (QED) is 0.249. The minimum Gasteiger partial charge on any atom is -0.492 e. The van der Waals surface area contributed by atoms with Crippen LogP contribution in [-0.2, 0) is 6.54 Å². The number of fused-ring (bicyclic) bond motifs is 1. The van der Waals surface area contributed by atoms with Gasteiger partial charge in [-0.05, 0) is 91.7 Å². The summed E-state index contributed by atoms with van der Waals surface area (Å²) in [6, 6.07) is 12.8. The number of para-hydroxylation sites is 1. The molecule has 0 amide bonds. The highest BCUT2D eigenvalue weighted by Crippen LogP contribution is 2.33. The fourth-order valence-electron chi connectivity index (χ4n) is 4.82. The fraction of sp³-hybridized carbons (Fsp3) is 0.481. The second kappa shape index (κ2) is 12.4. The molecule has 35 heavy (non-hydrogen) atoms. The van der Waals surface area contributed by atoms with Gasteiger partial charge in [0, 0.05) is 42.1 Å². The Morgan fingerprint density at radius 3 is 2.57 bits per heavy atom. The van der Waals surface area contributed by atoms with Crippen molar-refractivity contribution in [1.82, 2.24) is 15.3 Å². The third kappa shape index (κ3) is 6.86. The molecule has 0 saturated heterocycles. The first kappa shape index (κ1) is 26.2. The van der Waals surface area contributed by atoms with Gasteiger partial charge in [0.2, 0.25) is 5.95 Å². The van der Waals surface area contributed by atoms with Gasteiger partial charge in [-0.3, -0.25) is 0 Å². The Labute approximate surface area is 225 Å². The smallest absolute Gasteiger partial charge is 0.225 e. The summed E-state index contributed by atoms with van der Waals surface area (Å²) in [7, 11) is 4.07. The molecule has 188 valence electrons. The number of benzene rings is 2. The van der Waals surface area contributed by atoms with Crippen LogP contribution in [0.4, 0.5) is 11.8 Å². The lowest BCUT2D eigenvalue weighted by Gasteiger charge is -2.29. The van der Waals surface area contributed by atoms with Crippen molar-refractivity contribution >= 4 is 54.5 Å². The molecule has 4 rings (SSSR count). The van der Waals surface area contributed by atoms with Crippen LogP contribution in [0.2, 0.25) is 0 Å². The molecule has 1 fully saturated rings. The number of halogens is 2. The largest absolute Gasteiger partial charge is 0.492 e. The summed E-state index contributed by atoms with van der Waals surface area (Å²) in [5.74, 6) is 3.39. The van der Waals surface area contributed by atoms with Gasteiger partial charge in [0.25, 0.3) is 0 Å². The molecule has 1 aliphatic carbocycles. The molecule has 0 spiro atoms. The molecule has 1 aliphatic rings. The van der Waals surface area contributed by atoms with Crippen LogP contribution >= 0.6 is 31.9 Å². The lowest BCUT2D eigenvalue weighted by Crippen LogP contribution is -2.28. The molecular formula is C27H35Br2N5O. The lowest BCUT2D eigenvalue weighted by atomic mass is 9.84. The van der Waals surface area contributed by atoms with Gasteiger partial charge in [-0.15, -0.1) is 0 Å². The maximum Gasteiger partial charge on any atom is 0.225 e. The van der Waals surface area contributed by atoms with Crippen LogP contribution in [-0.4, -0.2) is 43.3 Å². The van der Waals surface area contributed by atoms with Crippen LogP contribution in [0.3, 0.4) is 0 Å². The molecule has 3 aromatic rings. The molecule has 2 N–H and O–H groups in total. The van der Waals surface area contributed by atoms with Crippen molar-refractivity contribution in [3.63, 3.8) is 0 Å². The highest BCUT2D eigenvalue weighted by molar-refractivity contribution is 9.11. The van der Waals surface area contributed by atoms with E-state index in [1.807, 2.05) is 39.2 Å². The molecule has 1 saturated carbocycles. The third-order valence-corrected chi connectivity index (χ3v) is 7.65. The molecule has 0 aliphatic heterocycles. The first-order valence-electron chi connectivity index (χ1n) is 12.5. The zero-order valence-electron chi connectivity index (χ0n) is 20.8. The van der Waals surface area contributed by atoms with E-state index in [0.717, 1.165) is 69.2 Å². The number of aromatic nitrogens is 2. The Hall–Kier alpha value is -1.90. The van der Waals surface area contributed by atoms with E-state index in [2.05, 4.69) is 65.6 Å². The monoisotopic (exact) mass is 603 g/mol. The van der Waals surface area contributed by atoms with E-state index in [4.69, 9.17) is 14.7 Å². The molecular weight excluding hydrogens is 570 g/mol. The van der Waals surface area contributed by atoms with Crippen LogP contribution in [0.5, 0.6) is 5.75 Å². The Balaban J connectivity index is 1.25. The number of rotatable bonds is 10. The number of nitrogens with one attached hydrogen (secondary N) is 2. The van der Waals surface area contributed by atoms with Gasteiger partial charge in [0.1, 0.15) is 11.6 Å². The first-order chi connectivity index (χ1) is 16.9. The summed E-state index contributed by atoms with van der Waals surface area (Å²) >= 11 is 7.21. The van der Waals surface area contributed by atoms with Crippen molar-refractivity contribution in [2.75, 3.05) is 37.5 Å². The Bertz CT molecular complexity index is 1130. The van der Waals surface area contributed by atoms with Gasteiger partial charge in [0.05, 0.1) is 16.6 Å². The van der Waals surface area contributed by atoms with Gasteiger partial charge in [-0.25, -0.2) is 4.98 Å². The number of nitrogens with zero attached hydrogens (tertiary/aromatic N) is 3. The second-order valence-electron chi connectivity index (χ2n) is 9.42. The summed E-state index contributed by atoms with van der Waals surface area (Å²) in [4.78, 5) is 11.6. The van der Waals surface area contributed by atoms with Crippen molar-refractivity contribution in [3.8, 4) is 5.75 Å². The summed E-state index contributed by atoms with van der Waals surface area (Å²) in [5.41, 5.74) is 2.16. The number of hydrogen-bond donors (Lipinski definition) is 2. The van der Waals surface area contributed by atoms with Crippen LogP contribution in [0.15, 0.2) is 45.3 Å². The topological polar surface area (TPSA) is 62.3 Å². The van der Waals surface area contributed by atoms with Gasteiger partial charge in [-0.1, -0.05) is 28.1 Å². The van der Waals surface area contributed by atoms with E-state index in [9.17, 15) is 0 Å². The minimum atomic E-state index is 0.433. The van der Waals surface area contributed by atoms with E-state index in [1.54, 1.807) is 0 Å². The molecule has 0 unspecified atom stereocenters. The maximum atomic E-state index is 5.85. The van der Waals surface area contributed by atoms with Gasteiger partial charge in [-0.2, -0.15) is 4.98 Å². The number of anilines is 2. The SMILES string of the molecule is CCOc1c(Br)cc(Br)cc1CNCC[C@H]1CC[C@@H](Nc2nc(N(C)C)c3ccccc3n2)CC1. The first-order valence-corrected chi connectivity index (χ1v) is 14.0. The molecule has 8 heteroatoms. The van der Waals surface area contributed by atoms with Crippen LogP contribution in [0, 0.1) is 5.92 Å².